The molecular formula is C26H30N4O4. The molecule has 2 amide bonds. The number of hydrogen-bond donors (Lipinski definition) is 2. The summed E-state index contributed by atoms with van der Waals surface area (Å²) in [6, 6.07) is 7.38. The van der Waals surface area contributed by atoms with Crippen molar-refractivity contribution in [2.45, 2.75) is 53.2 Å². The van der Waals surface area contributed by atoms with Crippen LogP contribution in [0.2, 0.25) is 0 Å². The average Bonchev–Trinajstić information content (AvgIpc) is 3.35. The molecule has 0 spiro atoms. The number of amides is 2. The average molecular weight is 463 g/mol. The molecule has 1 aliphatic heterocycles. The van der Waals surface area contributed by atoms with Crippen LogP contribution in [0.1, 0.15) is 42.5 Å². The second-order valence-electron chi connectivity index (χ2n) is 8.98. The molecule has 1 aliphatic rings. The van der Waals surface area contributed by atoms with Crippen molar-refractivity contribution in [3.05, 3.63) is 65.2 Å². The molecule has 1 aromatic heterocycles. The summed E-state index contributed by atoms with van der Waals surface area (Å²) in [7, 11) is 0. The number of imidazole rings is 1. The monoisotopic (exact) mass is 462 g/mol. The van der Waals surface area contributed by atoms with Crippen LogP contribution in [0.4, 0.5) is 5.69 Å². The van der Waals surface area contributed by atoms with E-state index >= 15 is 0 Å². The molecule has 8 heteroatoms. The lowest BCUT2D eigenvalue weighted by atomic mass is 9.89. The maximum Gasteiger partial charge on any atom is 0.244 e. The Morgan fingerprint density at radius 2 is 1.88 bits per heavy atom. The zero-order valence-corrected chi connectivity index (χ0v) is 20.2. The highest BCUT2D eigenvalue weighted by Crippen LogP contribution is 2.44. The summed E-state index contributed by atoms with van der Waals surface area (Å²) in [6.45, 7) is 8.76. The Kier molecular flexibility index (Phi) is 6.08. The van der Waals surface area contributed by atoms with Crippen molar-refractivity contribution < 1.29 is 19.4 Å². The van der Waals surface area contributed by atoms with Crippen LogP contribution in [0.25, 0.3) is 5.69 Å². The predicted molar refractivity (Wildman–Crippen MR) is 129 cm³/mol. The second kappa shape index (κ2) is 8.85. The predicted octanol–water partition coefficient (Wildman–Crippen LogP) is 4.03. The Morgan fingerprint density at radius 3 is 2.50 bits per heavy atom. The van der Waals surface area contributed by atoms with Gasteiger partial charge in [-0.15, -0.1) is 0 Å². The smallest absolute Gasteiger partial charge is 0.244 e. The van der Waals surface area contributed by atoms with Gasteiger partial charge in [-0.2, -0.15) is 0 Å². The Balaban J connectivity index is 1.51. The summed E-state index contributed by atoms with van der Waals surface area (Å²) in [4.78, 5) is 31.0. The fraction of sp³-hybridized carbons (Fsp3) is 0.346. The summed E-state index contributed by atoms with van der Waals surface area (Å²) < 4.78 is 8.27. The van der Waals surface area contributed by atoms with Crippen molar-refractivity contribution in [3.63, 3.8) is 0 Å². The van der Waals surface area contributed by atoms with Crippen LogP contribution in [-0.4, -0.2) is 43.6 Å². The number of carbonyl (C=O) groups is 2. The van der Waals surface area contributed by atoms with Gasteiger partial charge in [-0.25, -0.2) is 4.98 Å². The molecule has 34 heavy (non-hydrogen) atoms. The lowest BCUT2D eigenvalue weighted by Crippen LogP contribution is -2.57. The van der Waals surface area contributed by atoms with Crippen LogP contribution in [-0.2, 0) is 16.0 Å². The first-order chi connectivity index (χ1) is 16.1. The van der Waals surface area contributed by atoms with Crippen LogP contribution in [0, 0.1) is 20.8 Å². The number of aromatic nitrogens is 2. The van der Waals surface area contributed by atoms with E-state index in [2.05, 4.69) is 10.3 Å². The number of benzene rings is 2. The van der Waals surface area contributed by atoms with E-state index in [1.807, 2.05) is 62.7 Å². The normalized spacial score (nSPS) is 17.0. The molecule has 178 valence electrons. The van der Waals surface area contributed by atoms with Gasteiger partial charge in [0.2, 0.25) is 11.8 Å². The van der Waals surface area contributed by atoms with E-state index in [0.717, 1.165) is 27.9 Å². The van der Waals surface area contributed by atoms with Crippen molar-refractivity contribution in [3.8, 4) is 17.2 Å². The molecule has 4 rings (SSSR count). The van der Waals surface area contributed by atoms with Crippen LogP contribution in [0.5, 0.6) is 11.5 Å². The van der Waals surface area contributed by atoms with Gasteiger partial charge in [0.15, 0.2) is 5.72 Å². The van der Waals surface area contributed by atoms with Gasteiger partial charge in [-0.05, 0) is 75.1 Å². The third-order valence-corrected chi connectivity index (χ3v) is 6.71. The minimum atomic E-state index is -0.984. The first kappa shape index (κ1) is 23.4. The van der Waals surface area contributed by atoms with Crippen molar-refractivity contribution in [2.75, 3.05) is 11.9 Å². The lowest BCUT2D eigenvalue weighted by molar-refractivity contribution is -0.155. The van der Waals surface area contributed by atoms with E-state index < -0.39 is 5.72 Å². The molecule has 0 saturated heterocycles. The first-order valence-electron chi connectivity index (χ1n) is 11.3. The second-order valence-corrected chi connectivity index (χ2v) is 8.98. The van der Waals surface area contributed by atoms with Crippen molar-refractivity contribution in [1.82, 2.24) is 14.5 Å². The number of carbonyl (C=O) groups excluding carboxylic acids is 2. The summed E-state index contributed by atoms with van der Waals surface area (Å²) in [5.41, 5.74) is 3.92. The number of nitrogens with zero attached hydrogens (tertiary/aromatic N) is 3. The number of fused-ring (bicyclic) bond motifs is 1. The molecule has 1 unspecified atom stereocenters. The van der Waals surface area contributed by atoms with Crippen LogP contribution < -0.4 is 10.1 Å². The number of nitrogens with one attached hydrogen (secondary N) is 1. The summed E-state index contributed by atoms with van der Waals surface area (Å²) >= 11 is 0. The van der Waals surface area contributed by atoms with Crippen molar-refractivity contribution >= 4 is 17.5 Å². The molecule has 3 aromatic rings. The molecule has 0 aliphatic carbocycles. The van der Waals surface area contributed by atoms with E-state index in [4.69, 9.17) is 4.74 Å². The van der Waals surface area contributed by atoms with Gasteiger partial charge in [0, 0.05) is 42.7 Å². The maximum absolute atomic E-state index is 12.9. The number of aromatic hydroxyl groups is 1. The lowest BCUT2D eigenvalue weighted by Gasteiger charge is -2.44. The molecule has 8 nitrogen and oxygen atoms in total. The summed E-state index contributed by atoms with van der Waals surface area (Å²) in [5, 5.41) is 13.3. The summed E-state index contributed by atoms with van der Waals surface area (Å²) in [6.07, 6.45) is 6.38. The number of rotatable bonds is 5. The number of phenols is 1. The van der Waals surface area contributed by atoms with Gasteiger partial charge in [0.25, 0.3) is 0 Å². The van der Waals surface area contributed by atoms with E-state index in [1.54, 1.807) is 12.5 Å². The molecule has 0 bridgehead atoms. The SMILES string of the molecule is CC(=O)N(CC(=O)Nc1ccc(-n2ccnc2)cc1)C1(C)CCc2c(C)c(O)c(C)c(C)c2O1. The number of ether oxygens (including phenoxy) is 1. The number of hydrogen-bond acceptors (Lipinski definition) is 5. The maximum atomic E-state index is 12.9. The van der Waals surface area contributed by atoms with Gasteiger partial charge >= 0.3 is 0 Å². The largest absolute Gasteiger partial charge is 0.507 e. The fourth-order valence-corrected chi connectivity index (χ4v) is 4.51. The molecule has 0 saturated carbocycles. The van der Waals surface area contributed by atoms with Crippen molar-refractivity contribution in [2.24, 2.45) is 0 Å². The molecule has 2 heterocycles. The molecule has 2 N–H and O–H groups in total. The van der Waals surface area contributed by atoms with Gasteiger partial charge in [0.1, 0.15) is 18.0 Å². The van der Waals surface area contributed by atoms with Gasteiger partial charge in [-0.3, -0.25) is 14.5 Å². The fourth-order valence-electron chi connectivity index (χ4n) is 4.51. The molecule has 0 fully saturated rings. The van der Waals surface area contributed by atoms with Gasteiger partial charge in [-0.1, -0.05) is 0 Å². The summed E-state index contributed by atoms with van der Waals surface area (Å²) in [5.74, 6) is 0.408. The zero-order chi connectivity index (χ0) is 24.6. The van der Waals surface area contributed by atoms with E-state index in [9.17, 15) is 14.7 Å². The third kappa shape index (κ3) is 4.23. The first-order valence-corrected chi connectivity index (χ1v) is 11.3. The van der Waals surface area contributed by atoms with Crippen molar-refractivity contribution in [1.29, 1.82) is 0 Å². The molecule has 0 radical (unpaired) electrons. The van der Waals surface area contributed by atoms with E-state index in [1.165, 1.54) is 11.8 Å². The molecule has 2 aromatic carbocycles. The Bertz CT molecular complexity index is 1230. The quantitative estimate of drug-likeness (QED) is 0.597. The Labute approximate surface area is 199 Å². The van der Waals surface area contributed by atoms with E-state index in [0.29, 0.717) is 24.3 Å². The topological polar surface area (TPSA) is 96.7 Å². The zero-order valence-electron chi connectivity index (χ0n) is 20.2. The van der Waals surface area contributed by atoms with Gasteiger partial charge in [0.05, 0.1) is 6.33 Å². The van der Waals surface area contributed by atoms with E-state index in [-0.39, 0.29) is 24.1 Å². The molecular weight excluding hydrogens is 432 g/mol. The minimum Gasteiger partial charge on any atom is -0.507 e. The standard InChI is InChI=1S/C26H30N4O4/c1-16-17(2)25-22(18(3)24(16)33)10-11-26(5,34-25)30(19(4)31)14-23(32)28-20-6-8-21(9-7-20)29-13-12-27-15-29/h6-9,12-13,15,33H,10-11,14H2,1-5H3,(H,28,32). The number of anilines is 1. The van der Waals surface area contributed by atoms with Crippen LogP contribution >= 0.6 is 0 Å². The van der Waals surface area contributed by atoms with Crippen LogP contribution in [0.15, 0.2) is 43.0 Å². The van der Waals surface area contributed by atoms with Crippen LogP contribution in [0.3, 0.4) is 0 Å². The highest BCUT2D eigenvalue weighted by molar-refractivity contribution is 5.94. The minimum absolute atomic E-state index is 0.139. The van der Waals surface area contributed by atoms with Gasteiger partial charge < -0.3 is 19.7 Å². The Hall–Kier alpha value is -3.81. The molecule has 1 atom stereocenters. The number of phenolic OH excluding ortho intramolecular Hbond substituents is 1. The Morgan fingerprint density at radius 1 is 1.18 bits per heavy atom. The highest BCUT2D eigenvalue weighted by Gasteiger charge is 2.41. The highest BCUT2D eigenvalue weighted by atomic mass is 16.5. The third-order valence-electron chi connectivity index (χ3n) is 6.71.